The van der Waals surface area contributed by atoms with Crippen molar-refractivity contribution in [3.05, 3.63) is 18.5 Å². The highest BCUT2D eigenvalue weighted by Crippen LogP contribution is 2.27. The average molecular weight is 249 g/mol. The van der Waals surface area contributed by atoms with Crippen molar-refractivity contribution in [2.24, 2.45) is 5.92 Å². The van der Waals surface area contributed by atoms with Gasteiger partial charge in [0, 0.05) is 24.5 Å². The van der Waals surface area contributed by atoms with Crippen LogP contribution in [-0.2, 0) is 6.54 Å². The summed E-state index contributed by atoms with van der Waals surface area (Å²) in [6.07, 6.45) is 12.2. The topological polar surface area (TPSA) is 29.9 Å². The van der Waals surface area contributed by atoms with Gasteiger partial charge in [-0.3, -0.25) is 4.68 Å². The zero-order chi connectivity index (χ0) is 12.8. The molecule has 18 heavy (non-hydrogen) atoms. The Kier molecular flexibility index (Phi) is 5.24. The highest BCUT2D eigenvalue weighted by Gasteiger charge is 2.21. The molecule has 0 radical (unpaired) electrons. The number of hydrogen-bond donors (Lipinski definition) is 1. The predicted molar refractivity (Wildman–Crippen MR) is 75.5 cm³/mol. The lowest BCUT2D eigenvalue weighted by molar-refractivity contribution is 0.258. The van der Waals surface area contributed by atoms with Gasteiger partial charge in [-0.05, 0) is 44.6 Å². The Hall–Kier alpha value is -0.830. The fraction of sp³-hybridized carbons (Fsp3) is 0.800. The SMILES string of the molecule is CCCC1CCC(NC(C)Cn2cccn2)CC1. The van der Waals surface area contributed by atoms with Gasteiger partial charge in [0.1, 0.15) is 0 Å². The molecule has 102 valence electrons. The minimum atomic E-state index is 0.512. The van der Waals surface area contributed by atoms with Crippen molar-refractivity contribution >= 4 is 0 Å². The molecular weight excluding hydrogens is 222 g/mol. The number of nitrogens with one attached hydrogen (secondary N) is 1. The lowest BCUT2D eigenvalue weighted by atomic mass is 9.83. The Morgan fingerprint density at radius 2 is 2.11 bits per heavy atom. The predicted octanol–water partition coefficient (Wildman–Crippen LogP) is 3.22. The van der Waals surface area contributed by atoms with E-state index in [1.807, 2.05) is 23.1 Å². The maximum Gasteiger partial charge on any atom is 0.0560 e. The molecule has 1 fully saturated rings. The lowest BCUT2D eigenvalue weighted by Crippen LogP contribution is -2.41. The molecule has 1 saturated carbocycles. The molecule has 1 atom stereocenters. The van der Waals surface area contributed by atoms with Crippen molar-refractivity contribution in [1.82, 2.24) is 15.1 Å². The molecule has 1 aromatic rings. The van der Waals surface area contributed by atoms with E-state index in [2.05, 4.69) is 24.3 Å². The summed E-state index contributed by atoms with van der Waals surface area (Å²) in [6, 6.07) is 3.23. The maximum atomic E-state index is 4.26. The second kappa shape index (κ2) is 6.93. The van der Waals surface area contributed by atoms with Crippen molar-refractivity contribution in [3.63, 3.8) is 0 Å². The van der Waals surface area contributed by atoms with E-state index in [1.54, 1.807) is 0 Å². The van der Waals surface area contributed by atoms with Gasteiger partial charge in [0.25, 0.3) is 0 Å². The van der Waals surface area contributed by atoms with E-state index < -0.39 is 0 Å². The van der Waals surface area contributed by atoms with E-state index in [0.29, 0.717) is 6.04 Å². The maximum absolute atomic E-state index is 4.26. The van der Waals surface area contributed by atoms with Gasteiger partial charge in [-0.2, -0.15) is 5.10 Å². The molecule has 1 aromatic heterocycles. The molecule has 1 heterocycles. The molecular formula is C15H27N3. The van der Waals surface area contributed by atoms with Crippen LogP contribution >= 0.6 is 0 Å². The van der Waals surface area contributed by atoms with Gasteiger partial charge >= 0.3 is 0 Å². The average Bonchev–Trinajstić information content (AvgIpc) is 2.84. The summed E-state index contributed by atoms with van der Waals surface area (Å²) in [5.74, 6) is 0.995. The summed E-state index contributed by atoms with van der Waals surface area (Å²) < 4.78 is 2.01. The van der Waals surface area contributed by atoms with E-state index in [0.717, 1.165) is 18.5 Å². The van der Waals surface area contributed by atoms with Crippen LogP contribution in [0.5, 0.6) is 0 Å². The van der Waals surface area contributed by atoms with Gasteiger partial charge in [-0.25, -0.2) is 0 Å². The van der Waals surface area contributed by atoms with Crippen molar-refractivity contribution in [2.45, 2.75) is 71.0 Å². The van der Waals surface area contributed by atoms with Crippen LogP contribution in [0.2, 0.25) is 0 Å². The van der Waals surface area contributed by atoms with Crippen LogP contribution in [0.1, 0.15) is 52.4 Å². The first kappa shape index (κ1) is 13.6. The van der Waals surface area contributed by atoms with Crippen molar-refractivity contribution < 1.29 is 0 Å². The normalized spacial score (nSPS) is 26.1. The Morgan fingerprint density at radius 3 is 2.72 bits per heavy atom. The minimum absolute atomic E-state index is 0.512. The van der Waals surface area contributed by atoms with Crippen LogP contribution in [0.25, 0.3) is 0 Å². The molecule has 0 bridgehead atoms. The van der Waals surface area contributed by atoms with E-state index in [9.17, 15) is 0 Å². The van der Waals surface area contributed by atoms with Crippen LogP contribution in [0.15, 0.2) is 18.5 Å². The Balaban J connectivity index is 1.68. The second-order valence-electron chi connectivity index (χ2n) is 5.80. The number of nitrogens with zero attached hydrogens (tertiary/aromatic N) is 2. The highest BCUT2D eigenvalue weighted by atomic mass is 15.3. The summed E-state index contributed by atoms with van der Waals surface area (Å²) in [5, 5.41) is 8.02. The second-order valence-corrected chi connectivity index (χ2v) is 5.80. The largest absolute Gasteiger partial charge is 0.310 e. The number of rotatable bonds is 6. The first-order chi connectivity index (χ1) is 8.78. The third-order valence-corrected chi connectivity index (χ3v) is 4.08. The van der Waals surface area contributed by atoms with Gasteiger partial charge in [0.05, 0.1) is 6.54 Å². The molecule has 3 heteroatoms. The van der Waals surface area contributed by atoms with Gasteiger partial charge in [-0.15, -0.1) is 0 Å². The van der Waals surface area contributed by atoms with Gasteiger partial charge in [0.15, 0.2) is 0 Å². The van der Waals surface area contributed by atoms with Crippen LogP contribution < -0.4 is 5.32 Å². The number of hydrogen-bond acceptors (Lipinski definition) is 2. The quantitative estimate of drug-likeness (QED) is 0.839. The lowest BCUT2D eigenvalue weighted by Gasteiger charge is -2.31. The number of aromatic nitrogens is 2. The molecule has 1 N–H and O–H groups in total. The first-order valence-corrected chi connectivity index (χ1v) is 7.51. The fourth-order valence-electron chi connectivity index (χ4n) is 3.17. The highest BCUT2D eigenvalue weighted by molar-refractivity contribution is 4.82. The zero-order valence-electron chi connectivity index (χ0n) is 11.8. The van der Waals surface area contributed by atoms with Crippen molar-refractivity contribution in [3.8, 4) is 0 Å². The third kappa shape index (κ3) is 4.13. The van der Waals surface area contributed by atoms with Gasteiger partial charge in [-0.1, -0.05) is 19.8 Å². The summed E-state index contributed by atoms with van der Waals surface area (Å²) >= 11 is 0. The smallest absolute Gasteiger partial charge is 0.0560 e. The Morgan fingerprint density at radius 1 is 1.33 bits per heavy atom. The minimum Gasteiger partial charge on any atom is -0.310 e. The summed E-state index contributed by atoms with van der Waals surface area (Å²) in [5.41, 5.74) is 0. The summed E-state index contributed by atoms with van der Waals surface area (Å²) in [7, 11) is 0. The summed E-state index contributed by atoms with van der Waals surface area (Å²) in [4.78, 5) is 0. The monoisotopic (exact) mass is 249 g/mol. The van der Waals surface area contributed by atoms with E-state index in [1.165, 1.54) is 38.5 Å². The standard InChI is InChI=1S/C15H27N3/c1-3-5-14-6-8-15(9-7-14)17-13(2)12-18-11-4-10-16-18/h4,10-11,13-15,17H,3,5-9,12H2,1-2H3. The molecule has 1 aliphatic rings. The molecule has 0 saturated heterocycles. The van der Waals surface area contributed by atoms with Crippen molar-refractivity contribution in [1.29, 1.82) is 0 Å². The fourth-order valence-corrected chi connectivity index (χ4v) is 3.17. The van der Waals surface area contributed by atoms with Crippen LogP contribution in [0, 0.1) is 5.92 Å². The zero-order valence-corrected chi connectivity index (χ0v) is 11.8. The van der Waals surface area contributed by atoms with Crippen LogP contribution in [0.4, 0.5) is 0 Å². The molecule has 0 spiro atoms. The van der Waals surface area contributed by atoms with Crippen LogP contribution in [-0.4, -0.2) is 21.9 Å². The molecule has 0 aromatic carbocycles. The van der Waals surface area contributed by atoms with Gasteiger partial charge < -0.3 is 5.32 Å². The Labute approximate surface area is 111 Å². The van der Waals surface area contributed by atoms with Crippen molar-refractivity contribution in [2.75, 3.05) is 0 Å². The molecule has 1 aliphatic carbocycles. The van der Waals surface area contributed by atoms with E-state index in [-0.39, 0.29) is 0 Å². The molecule has 2 rings (SSSR count). The van der Waals surface area contributed by atoms with E-state index in [4.69, 9.17) is 0 Å². The summed E-state index contributed by atoms with van der Waals surface area (Å²) in [6.45, 7) is 5.54. The third-order valence-electron chi connectivity index (χ3n) is 4.08. The molecule has 0 aliphatic heterocycles. The van der Waals surface area contributed by atoms with Gasteiger partial charge in [0.2, 0.25) is 0 Å². The molecule has 3 nitrogen and oxygen atoms in total. The van der Waals surface area contributed by atoms with E-state index >= 15 is 0 Å². The Bertz CT molecular complexity index is 312. The molecule has 1 unspecified atom stereocenters. The molecule has 0 amide bonds. The van der Waals surface area contributed by atoms with Crippen LogP contribution in [0.3, 0.4) is 0 Å². The first-order valence-electron chi connectivity index (χ1n) is 7.51.